The highest BCUT2D eigenvalue weighted by molar-refractivity contribution is 7.15. The minimum absolute atomic E-state index is 0.699. The van der Waals surface area contributed by atoms with E-state index in [2.05, 4.69) is 40.7 Å². The second kappa shape index (κ2) is 7.92. The van der Waals surface area contributed by atoms with Crippen molar-refractivity contribution in [3.63, 3.8) is 0 Å². The third kappa shape index (κ3) is 4.44. The van der Waals surface area contributed by atoms with Gasteiger partial charge in [0.2, 0.25) is 0 Å². The number of ether oxygens (including phenoxy) is 1. The zero-order valence-corrected chi connectivity index (χ0v) is 15.5. The summed E-state index contributed by atoms with van der Waals surface area (Å²) in [5, 5.41) is 1.11. The number of thiazole rings is 1. The van der Waals surface area contributed by atoms with Crippen molar-refractivity contribution in [2.24, 2.45) is 5.92 Å². The van der Waals surface area contributed by atoms with E-state index in [1.165, 1.54) is 30.8 Å². The van der Waals surface area contributed by atoms with E-state index >= 15 is 0 Å². The van der Waals surface area contributed by atoms with E-state index in [0.717, 1.165) is 43.9 Å². The smallest absolute Gasteiger partial charge is 0.185 e. The SMILES string of the molecule is C[C@H](C1CCN(Cc2cnc(N(C)C)s2)CC1)N1CCOCC1. The summed E-state index contributed by atoms with van der Waals surface area (Å²) in [7, 11) is 4.11. The predicted octanol–water partition coefficient (Wildman–Crippen LogP) is 2.14. The lowest BCUT2D eigenvalue weighted by atomic mass is 9.89. The van der Waals surface area contributed by atoms with Crippen LogP contribution in [0, 0.1) is 5.92 Å². The second-order valence-electron chi connectivity index (χ2n) is 7.01. The number of anilines is 1. The van der Waals surface area contributed by atoms with Crippen molar-refractivity contribution in [3.8, 4) is 0 Å². The van der Waals surface area contributed by atoms with Gasteiger partial charge in [-0.2, -0.15) is 0 Å². The highest BCUT2D eigenvalue weighted by atomic mass is 32.1. The average Bonchev–Trinajstić information content (AvgIpc) is 3.04. The third-order valence-corrected chi connectivity index (χ3v) is 6.39. The maximum atomic E-state index is 5.48. The summed E-state index contributed by atoms with van der Waals surface area (Å²) in [6, 6.07) is 0.699. The van der Waals surface area contributed by atoms with Gasteiger partial charge in [0.15, 0.2) is 5.13 Å². The van der Waals surface area contributed by atoms with Crippen molar-refractivity contribution in [2.45, 2.75) is 32.4 Å². The summed E-state index contributed by atoms with van der Waals surface area (Å²) in [6.07, 6.45) is 4.68. The Balaban J connectivity index is 1.46. The predicted molar refractivity (Wildman–Crippen MR) is 96.3 cm³/mol. The molecule has 0 radical (unpaired) electrons. The summed E-state index contributed by atoms with van der Waals surface area (Å²) in [4.78, 5) is 13.2. The van der Waals surface area contributed by atoms with Crippen LogP contribution < -0.4 is 4.90 Å². The molecule has 3 heterocycles. The Morgan fingerprint density at radius 3 is 2.57 bits per heavy atom. The fourth-order valence-corrected chi connectivity index (χ4v) is 4.55. The first kappa shape index (κ1) is 17.1. The topological polar surface area (TPSA) is 31.8 Å². The van der Waals surface area contributed by atoms with Crippen LogP contribution in [0.2, 0.25) is 0 Å². The maximum absolute atomic E-state index is 5.48. The van der Waals surface area contributed by atoms with E-state index in [4.69, 9.17) is 4.74 Å². The van der Waals surface area contributed by atoms with Crippen molar-refractivity contribution in [1.82, 2.24) is 14.8 Å². The molecule has 1 aromatic heterocycles. The Labute approximate surface area is 144 Å². The molecular formula is C17H30N4OS. The van der Waals surface area contributed by atoms with Crippen molar-refractivity contribution >= 4 is 16.5 Å². The van der Waals surface area contributed by atoms with E-state index in [0.29, 0.717) is 6.04 Å². The Kier molecular flexibility index (Phi) is 5.91. The van der Waals surface area contributed by atoms with Gasteiger partial charge in [-0.3, -0.25) is 9.80 Å². The van der Waals surface area contributed by atoms with Crippen LogP contribution in [-0.2, 0) is 11.3 Å². The molecule has 0 saturated carbocycles. The summed E-state index contributed by atoms with van der Waals surface area (Å²) in [5.74, 6) is 0.836. The number of nitrogens with zero attached hydrogens (tertiary/aromatic N) is 4. The van der Waals surface area contributed by atoms with Crippen molar-refractivity contribution < 1.29 is 4.74 Å². The summed E-state index contributed by atoms with van der Waals surface area (Å²) in [5.41, 5.74) is 0. The van der Waals surface area contributed by atoms with E-state index in [-0.39, 0.29) is 0 Å². The van der Waals surface area contributed by atoms with E-state index in [1.807, 2.05) is 17.5 Å². The first-order valence-electron chi connectivity index (χ1n) is 8.79. The molecule has 2 fully saturated rings. The number of hydrogen-bond donors (Lipinski definition) is 0. The van der Waals surface area contributed by atoms with Crippen molar-refractivity contribution in [3.05, 3.63) is 11.1 Å². The minimum Gasteiger partial charge on any atom is -0.379 e. The standard InChI is InChI=1S/C17H30N4OS/c1-14(21-8-10-22-11-9-21)15-4-6-20(7-5-15)13-16-12-18-17(23-16)19(2)3/h12,14-15H,4-11,13H2,1-3H3/t14-/m1/s1. The monoisotopic (exact) mass is 338 g/mol. The van der Waals surface area contributed by atoms with E-state index in [1.54, 1.807) is 0 Å². The van der Waals surface area contributed by atoms with Gasteiger partial charge in [0.1, 0.15) is 0 Å². The zero-order valence-electron chi connectivity index (χ0n) is 14.7. The molecule has 1 aromatic rings. The van der Waals surface area contributed by atoms with Crippen LogP contribution in [-0.4, -0.2) is 74.3 Å². The van der Waals surface area contributed by atoms with Gasteiger partial charge in [-0.25, -0.2) is 4.98 Å². The summed E-state index contributed by atoms with van der Waals surface area (Å²) in [6.45, 7) is 9.93. The molecule has 0 bridgehead atoms. The lowest BCUT2D eigenvalue weighted by molar-refractivity contribution is -0.00187. The molecule has 0 aromatic carbocycles. The van der Waals surface area contributed by atoms with Crippen LogP contribution in [0.4, 0.5) is 5.13 Å². The molecule has 3 rings (SSSR count). The van der Waals surface area contributed by atoms with E-state index in [9.17, 15) is 0 Å². The van der Waals surface area contributed by atoms with E-state index < -0.39 is 0 Å². The molecule has 0 aliphatic carbocycles. The van der Waals surface area contributed by atoms with Crippen LogP contribution in [0.1, 0.15) is 24.6 Å². The number of aromatic nitrogens is 1. The van der Waals surface area contributed by atoms with Gasteiger partial charge in [-0.05, 0) is 38.8 Å². The maximum Gasteiger partial charge on any atom is 0.185 e. The van der Waals surface area contributed by atoms with Gasteiger partial charge in [-0.15, -0.1) is 11.3 Å². The Morgan fingerprint density at radius 2 is 1.96 bits per heavy atom. The van der Waals surface area contributed by atoms with Gasteiger partial charge in [-0.1, -0.05) is 0 Å². The van der Waals surface area contributed by atoms with Crippen molar-refractivity contribution in [2.75, 3.05) is 58.4 Å². The van der Waals surface area contributed by atoms with Crippen LogP contribution in [0.15, 0.2) is 6.20 Å². The number of morpholine rings is 1. The van der Waals surface area contributed by atoms with Crippen LogP contribution >= 0.6 is 11.3 Å². The molecule has 5 nitrogen and oxygen atoms in total. The van der Waals surface area contributed by atoms with Gasteiger partial charge >= 0.3 is 0 Å². The molecule has 0 N–H and O–H groups in total. The Bertz CT molecular complexity index is 479. The molecule has 130 valence electrons. The van der Waals surface area contributed by atoms with Gasteiger partial charge in [0, 0.05) is 50.8 Å². The molecule has 2 aliphatic heterocycles. The average molecular weight is 339 g/mol. The second-order valence-corrected chi connectivity index (χ2v) is 8.10. The summed E-state index contributed by atoms with van der Waals surface area (Å²) < 4.78 is 5.48. The molecule has 0 spiro atoms. The molecular weight excluding hydrogens is 308 g/mol. The Morgan fingerprint density at radius 1 is 1.26 bits per heavy atom. The van der Waals surface area contributed by atoms with Crippen LogP contribution in [0.3, 0.4) is 0 Å². The fraction of sp³-hybridized carbons (Fsp3) is 0.824. The highest BCUT2D eigenvalue weighted by Gasteiger charge is 2.28. The van der Waals surface area contributed by atoms with Gasteiger partial charge < -0.3 is 9.64 Å². The fourth-order valence-electron chi connectivity index (χ4n) is 3.67. The van der Waals surface area contributed by atoms with Crippen molar-refractivity contribution in [1.29, 1.82) is 0 Å². The number of rotatable bonds is 5. The molecule has 23 heavy (non-hydrogen) atoms. The lowest BCUT2D eigenvalue weighted by Crippen LogP contribution is -2.48. The molecule has 2 saturated heterocycles. The molecule has 0 unspecified atom stereocenters. The normalized spacial score (nSPS) is 23.1. The molecule has 0 amide bonds. The highest BCUT2D eigenvalue weighted by Crippen LogP contribution is 2.27. The molecule has 2 aliphatic rings. The Hall–Kier alpha value is -0.690. The first-order valence-corrected chi connectivity index (χ1v) is 9.61. The van der Waals surface area contributed by atoms with Gasteiger partial charge in [0.05, 0.1) is 13.2 Å². The molecule has 1 atom stereocenters. The number of likely N-dealkylation sites (tertiary alicyclic amines) is 1. The van der Waals surface area contributed by atoms with Gasteiger partial charge in [0.25, 0.3) is 0 Å². The van der Waals surface area contributed by atoms with Crippen LogP contribution in [0.5, 0.6) is 0 Å². The quantitative estimate of drug-likeness (QED) is 0.821. The largest absolute Gasteiger partial charge is 0.379 e. The first-order chi connectivity index (χ1) is 11.1. The molecule has 6 heteroatoms. The number of piperidine rings is 1. The minimum atomic E-state index is 0.699. The zero-order chi connectivity index (χ0) is 16.2. The third-order valence-electron chi connectivity index (χ3n) is 5.24. The number of hydrogen-bond acceptors (Lipinski definition) is 6. The lowest BCUT2D eigenvalue weighted by Gasteiger charge is -2.40. The summed E-state index contributed by atoms with van der Waals surface area (Å²) >= 11 is 1.82. The van der Waals surface area contributed by atoms with Crippen LogP contribution in [0.25, 0.3) is 0 Å².